The SMILES string of the molecule is CC1COC1c1ccc(Br)cc1. The molecule has 1 saturated heterocycles. The summed E-state index contributed by atoms with van der Waals surface area (Å²) in [5, 5.41) is 0. The smallest absolute Gasteiger partial charge is 0.0872 e. The van der Waals surface area contributed by atoms with Crippen LogP contribution in [-0.2, 0) is 4.74 Å². The minimum absolute atomic E-state index is 0.332. The van der Waals surface area contributed by atoms with Gasteiger partial charge in [0.1, 0.15) is 0 Å². The quantitative estimate of drug-likeness (QED) is 0.716. The first-order valence-electron chi connectivity index (χ1n) is 4.14. The summed E-state index contributed by atoms with van der Waals surface area (Å²) in [5.41, 5.74) is 1.29. The summed E-state index contributed by atoms with van der Waals surface area (Å²) in [6.07, 6.45) is 0.332. The maximum absolute atomic E-state index is 5.45. The summed E-state index contributed by atoms with van der Waals surface area (Å²) in [7, 11) is 0. The summed E-state index contributed by atoms with van der Waals surface area (Å²) < 4.78 is 6.58. The summed E-state index contributed by atoms with van der Waals surface area (Å²) in [6.45, 7) is 3.12. The van der Waals surface area contributed by atoms with E-state index < -0.39 is 0 Å². The van der Waals surface area contributed by atoms with Gasteiger partial charge in [-0.25, -0.2) is 0 Å². The van der Waals surface area contributed by atoms with E-state index in [1.54, 1.807) is 0 Å². The molecule has 0 spiro atoms. The highest BCUT2D eigenvalue weighted by molar-refractivity contribution is 9.10. The Labute approximate surface area is 80.9 Å². The molecule has 1 aliphatic rings. The van der Waals surface area contributed by atoms with Crippen LogP contribution in [0.15, 0.2) is 28.7 Å². The molecule has 64 valence electrons. The van der Waals surface area contributed by atoms with Gasteiger partial charge in [-0.3, -0.25) is 0 Å². The first-order valence-corrected chi connectivity index (χ1v) is 4.94. The maximum Gasteiger partial charge on any atom is 0.0872 e. The standard InChI is InChI=1S/C10H11BrO/c1-7-6-12-10(7)8-2-4-9(11)5-3-8/h2-5,7,10H,6H2,1H3. The lowest BCUT2D eigenvalue weighted by Crippen LogP contribution is -2.29. The topological polar surface area (TPSA) is 9.23 Å². The van der Waals surface area contributed by atoms with Crippen molar-refractivity contribution in [1.82, 2.24) is 0 Å². The molecule has 1 aliphatic heterocycles. The van der Waals surface area contributed by atoms with Gasteiger partial charge >= 0.3 is 0 Å². The number of halogens is 1. The van der Waals surface area contributed by atoms with E-state index in [1.165, 1.54) is 5.56 Å². The van der Waals surface area contributed by atoms with Gasteiger partial charge in [-0.1, -0.05) is 35.0 Å². The van der Waals surface area contributed by atoms with Crippen LogP contribution in [0.25, 0.3) is 0 Å². The molecule has 0 radical (unpaired) electrons. The van der Waals surface area contributed by atoms with Gasteiger partial charge in [0.15, 0.2) is 0 Å². The van der Waals surface area contributed by atoms with Crippen LogP contribution in [0.1, 0.15) is 18.6 Å². The molecule has 0 saturated carbocycles. The van der Waals surface area contributed by atoms with Crippen molar-refractivity contribution in [2.24, 2.45) is 5.92 Å². The molecule has 12 heavy (non-hydrogen) atoms. The largest absolute Gasteiger partial charge is 0.373 e. The normalized spacial score (nSPS) is 28.2. The first-order chi connectivity index (χ1) is 5.77. The number of hydrogen-bond donors (Lipinski definition) is 0. The Balaban J connectivity index is 2.18. The highest BCUT2D eigenvalue weighted by Crippen LogP contribution is 2.35. The molecule has 2 atom stereocenters. The van der Waals surface area contributed by atoms with Crippen LogP contribution < -0.4 is 0 Å². The van der Waals surface area contributed by atoms with Crippen LogP contribution in [0.5, 0.6) is 0 Å². The van der Waals surface area contributed by atoms with Crippen molar-refractivity contribution >= 4 is 15.9 Å². The predicted octanol–water partition coefficient (Wildman–Crippen LogP) is 3.16. The fourth-order valence-corrected chi connectivity index (χ4v) is 1.73. The van der Waals surface area contributed by atoms with E-state index in [4.69, 9.17) is 4.74 Å². The zero-order valence-corrected chi connectivity index (χ0v) is 8.54. The van der Waals surface area contributed by atoms with Gasteiger partial charge in [-0.2, -0.15) is 0 Å². The Morgan fingerprint density at radius 1 is 1.33 bits per heavy atom. The number of rotatable bonds is 1. The minimum atomic E-state index is 0.332. The molecule has 1 heterocycles. The second kappa shape index (κ2) is 3.19. The molecule has 1 aromatic rings. The highest BCUT2D eigenvalue weighted by atomic mass is 79.9. The van der Waals surface area contributed by atoms with E-state index in [9.17, 15) is 0 Å². The minimum Gasteiger partial charge on any atom is -0.373 e. The number of ether oxygens (including phenoxy) is 1. The average molecular weight is 227 g/mol. The van der Waals surface area contributed by atoms with Gasteiger partial charge in [0, 0.05) is 10.4 Å². The van der Waals surface area contributed by atoms with Gasteiger partial charge < -0.3 is 4.74 Å². The molecule has 2 heteroatoms. The number of hydrogen-bond acceptors (Lipinski definition) is 1. The molecule has 0 N–H and O–H groups in total. The van der Waals surface area contributed by atoms with Gasteiger partial charge in [0.2, 0.25) is 0 Å². The molecule has 1 fully saturated rings. The maximum atomic E-state index is 5.45. The molecule has 1 aromatic carbocycles. The van der Waals surface area contributed by atoms with Crippen molar-refractivity contribution in [3.8, 4) is 0 Å². The van der Waals surface area contributed by atoms with Crippen LogP contribution in [-0.4, -0.2) is 6.61 Å². The Bertz CT molecular complexity index is 268. The van der Waals surface area contributed by atoms with Gasteiger partial charge in [0.05, 0.1) is 12.7 Å². The first kappa shape index (κ1) is 8.27. The second-order valence-electron chi connectivity index (χ2n) is 3.28. The molecule has 0 bridgehead atoms. The van der Waals surface area contributed by atoms with E-state index >= 15 is 0 Å². The fraction of sp³-hybridized carbons (Fsp3) is 0.400. The van der Waals surface area contributed by atoms with Crippen LogP contribution in [0.3, 0.4) is 0 Å². The molecule has 1 nitrogen and oxygen atoms in total. The highest BCUT2D eigenvalue weighted by Gasteiger charge is 2.28. The zero-order chi connectivity index (χ0) is 8.55. The van der Waals surface area contributed by atoms with E-state index in [1.807, 2.05) is 0 Å². The van der Waals surface area contributed by atoms with Crippen LogP contribution in [0, 0.1) is 5.92 Å². The zero-order valence-electron chi connectivity index (χ0n) is 6.96. The van der Waals surface area contributed by atoms with Crippen LogP contribution in [0.4, 0.5) is 0 Å². The monoisotopic (exact) mass is 226 g/mol. The lowest BCUT2D eigenvalue weighted by atomic mass is 9.93. The fourth-order valence-electron chi connectivity index (χ4n) is 1.46. The molecule has 0 aromatic heterocycles. The van der Waals surface area contributed by atoms with Crippen LogP contribution >= 0.6 is 15.9 Å². The Hall–Kier alpha value is -0.340. The lowest BCUT2D eigenvalue weighted by Gasteiger charge is -2.34. The Kier molecular flexibility index (Phi) is 2.20. The molecule has 0 amide bonds. The van der Waals surface area contributed by atoms with Crippen molar-refractivity contribution in [2.45, 2.75) is 13.0 Å². The molecule has 2 unspecified atom stereocenters. The molecular weight excluding hydrogens is 216 g/mol. The van der Waals surface area contributed by atoms with Gasteiger partial charge in [0.25, 0.3) is 0 Å². The van der Waals surface area contributed by atoms with Gasteiger partial charge in [-0.15, -0.1) is 0 Å². The molecule has 2 rings (SSSR count). The summed E-state index contributed by atoms with van der Waals surface area (Å²) >= 11 is 3.41. The Morgan fingerprint density at radius 2 is 2.00 bits per heavy atom. The van der Waals surface area contributed by atoms with E-state index in [0.29, 0.717) is 12.0 Å². The van der Waals surface area contributed by atoms with E-state index in [-0.39, 0.29) is 0 Å². The van der Waals surface area contributed by atoms with E-state index in [2.05, 4.69) is 47.1 Å². The second-order valence-corrected chi connectivity index (χ2v) is 4.20. The third-order valence-corrected chi connectivity index (χ3v) is 2.78. The van der Waals surface area contributed by atoms with Crippen molar-refractivity contribution < 1.29 is 4.74 Å². The molecule has 0 aliphatic carbocycles. The van der Waals surface area contributed by atoms with Crippen molar-refractivity contribution in [3.63, 3.8) is 0 Å². The summed E-state index contributed by atoms with van der Waals surface area (Å²) in [5.74, 6) is 0.672. The summed E-state index contributed by atoms with van der Waals surface area (Å²) in [4.78, 5) is 0. The van der Waals surface area contributed by atoms with Crippen molar-refractivity contribution in [1.29, 1.82) is 0 Å². The van der Waals surface area contributed by atoms with Crippen molar-refractivity contribution in [2.75, 3.05) is 6.61 Å². The van der Waals surface area contributed by atoms with Crippen LogP contribution in [0.2, 0.25) is 0 Å². The van der Waals surface area contributed by atoms with E-state index in [0.717, 1.165) is 11.1 Å². The average Bonchev–Trinajstić information content (AvgIpc) is 2.06. The van der Waals surface area contributed by atoms with Crippen molar-refractivity contribution in [3.05, 3.63) is 34.3 Å². The van der Waals surface area contributed by atoms with Gasteiger partial charge in [-0.05, 0) is 17.7 Å². The Morgan fingerprint density at radius 3 is 2.42 bits per heavy atom. The lowest BCUT2D eigenvalue weighted by molar-refractivity contribution is -0.109. The molecular formula is C10H11BrO. The third-order valence-electron chi connectivity index (χ3n) is 2.25. The number of benzene rings is 1. The predicted molar refractivity (Wildman–Crippen MR) is 52.0 cm³/mol. The third kappa shape index (κ3) is 1.41. The summed E-state index contributed by atoms with van der Waals surface area (Å²) in [6, 6.07) is 8.35.